The van der Waals surface area contributed by atoms with Crippen LogP contribution in [0.1, 0.15) is 37.9 Å². The van der Waals surface area contributed by atoms with Gasteiger partial charge in [-0.3, -0.25) is 0 Å². The maximum atomic E-state index is 4.29. The van der Waals surface area contributed by atoms with Crippen LogP contribution in [0.3, 0.4) is 0 Å². The summed E-state index contributed by atoms with van der Waals surface area (Å²) in [5.41, 5.74) is 2.61. The van der Waals surface area contributed by atoms with Gasteiger partial charge in [-0.2, -0.15) is 5.10 Å². The van der Waals surface area contributed by atoms with Crippen LogP contribution in [0.4, 0.5) is 5.82 Å². The second kappa shape index (κ2) is 4.60. The molecule has 1 aliphatic carbocycles. The normalized spacial score (nSPS) is 19.7. The summed E-state index contributed by atoms with van der Waals surface area (Å²) < 4.78 is 0. The van der Waals surface area contributed by atoms with Gasteiger partial charge < -0.3 is 5.32 Å². The van der Waals surface area contributed by atoms with Crippen LogP contribution in [0.25, 0.3) is 0 Å². The first kappa shape index (κ1) is 10.4. The van der Waals surface area contributed by atoms with Gasteiger partial charge in [-0.15, -0.1) is 5.10 Å². The molecule has 3 heteroatoms. The molecule has 0 fully saturated rings. The smallest absolute Gasteiger partial charge is 0.148 e. The van der Waals surface area contributed by atoms with Crippen molar-refractivity contribution in [1.29, 1.82) is 0 Å². The van der Waals surface area contributed by atoms with Gasteiger partial charge in [0.2, 0.25) is 0 Å². The summed E-state index contributed by atoms with van der Waals surface area (Å²) in [6, 6.07) is 2.17. The third-order valence-electron chi connectivity index (χ3n) is 3.19. The van der Waals surface area contributed by atoms with Gasteiger partial charge in [0.05, 0.1) is 5.69 Å². The molecule has 1 aliphatic rings. The predicted octanol–water partition coefficient (Wildman–Crippen LogP) is 2.42. The molecule has 2 rings (SSSR count). The molecule has 0 saturated carbocycles. The highest BCUT2D eigenvalue weighted by molar-refractivity contribution is 5.39. The highest BCUT2D eigenvalue weighted by Crippen LogP contribution is 2.26. The van der Waals surface area contributed by atoms with Gasteiger partial charge >= 0.3 is 0 Å². The highest BCUT2D eigenvalue weighted by Gasteiger charge is 2.18. The Morgan fingerprint density at radius 3 is 3.00 bits per heavy atom. The molecule has 82 valence electrons. The van der Waals surface area contributed by atoms with E-state index < -0.39 is 0 Å². The van der Waals surface area contributed by atoms with Crippen molar-refractivity contribution < 1.29 is 0 Å². The Kier molecular flexibility index (Phi) is 3.19. The summed E-state index contributed by atoms with van der Waals surface area (Å²) >= 11 is 0. The van der Waals surface area contributed by atoms with Crippen molar-refractivity contribution in [2.75, 3.05) is 11.9 Å². The van der Waals surface area contributed by atoms with Crippen molar-refractivity contribution in [2.45, 2.75) is 39.5 Å². The van der Waals surface area contributed by atoms with Gasteiger partial charge in [0, 0.05) is 6.54 Å². The molecule has 0 radical (unpaired) electrons. The van der Waals surface area contributed by atoms with Gasteiger partial charge in [0.1, 0.15) is 5.82 Å². The predicted molar refractivity (Wildman–Crippen MR) is 62.0 cm³/mol. The van der Waals surface area contributed by atoms with E-state index in [0.717, 1.165) is 24.7 Å². The fraction of sp³-hybridized carbons (Fsp3) is 0.667. The molecule has 1 unspecified atom stereocenters. The maximum absolute atomic E-state index is 4.29. The van der Waals surface area contributed by atoms with Gasteiger partial charge in [-0.25, -0.2) is 0 Å². The molecule has 1 atom stereocenters. The average molecular weight is 205 g/mol. The molecule has 15 heavy (non-hydrogen) atoms. The quantitative estimate of drug-likeness (QED) is 0.823. The van der Waals surface area contributed by atoms with Crippen LogP contribution in [-0.2, 0) is 12.8 Å². The Labute approximate surface area is 91.3 Å². The molecule has 1 aromatic rings. The molecule has 3 nitrogen and oxygen atoms in total. The van der Waals surface area contributed by atoms with Crippen LogP contribution in [0.5, 0.6) is 0 Å². The van der Waals surface area contributed by atoms with Crippen LogP contribution in [-0.4, -0.2) is 16.7 Å². The van der Waals surface area contributed by atoms with Crippen LogP contribution in [0.2, 0.25) is 0 Å². The molecule has 1 N–H and O–H groups in total. The largest absolute Gasteiger partial charge is 0.369 e. The molecular formula is C12H19N3. The van der Waals surface area contributed by atoms with E-state index in [1.807, 2.05) is 0 Å². The number of hydrogen-bond acceptors (Lipinski definition) is 3. The second-order valence-corrected chi connectivity index (χ2v) is 4.25. The number of rotatable bonds is 3. The van der Waals surface area contributed by atoms with E-state index in [9.17, 15) is 0 Å². The minimum Gasteiger partial charge on any atom is -0.369 e. The molecule has 1 heterocycles. The lowest BCUT2D eigenvalue weighted by Gasteiger charge is -2.22. The number of fused-ring (bicyclic) bond motifs is 1. The van der Waals surface area contributed by atoms with Crippen LogP contribution in [0.15, 0.2) is 6.07 Å². The van der Waals surface area contributed by atoms with E-state index in [-0.39, 0.29) is 0 Å². The van der Waals surface area contributed by atoms with Gasteiger partial charge in [0.25, 0.3) is 0 Å². The van der Waals surface area contributed by atoms with Crippen molar-refractivity contribution in [3.05, 3.63) is 17.3 Å². The summed E-state index contributed by atoms with van der Waals surface area (Å²) in [6.07, 6.45) is 4.84. The Hall–Kier alpha value is -1.12. The lowest BCUT2D eigenvalue weighted by atomic mass is 9.85. The molecule has 0 saturated heterocycles. The fourth-order valence-corrected chi connectivity index (χ4v) is 2.21. The van der Waals surface area contributed by atoms with Gasteiger partial charge in [-0.1, -0.05) is 13.3 Å². The first-order chi connectivity index (χ1) is 7.33. The third kappa shape index (κ3) is 2.28. The number of aryl methyl sites for hydroxylation is 1. The van der Waals surface area contributed by atoms with Crippen molar-refractivity contribution in [1.82, 2.24) is 10.2 Å². The van der Waals surface area contributed by atoms with Crippen LogP contribution < -0.4 is 5.32 Å². The summed E-state index contributed by atoms with van der Waals surface area (Å²) in [7, 11) is 0. The van der Waals surface area contributed by atoms with Crippen molar-refractivity contribution in [3.8, 4) is 0 Å². The Morgan fingerprint density at radius 1 is 1.40 bits per heavy atom. The fourth-order valence-electron chi connectivity index (χ4n) is 2.21. The third-order valence-corrected chi connectivity index (χ3v) is 3.19. The number of anilines is 1. The Balaban J connectivity index is 2.19. The van der Waals surface area contributed by atoms with E-state index in [2.05, 4.69) is 35.4 Å². The topological polar surface area (TPSA) is 37.8 Å². The van der Waals surface area contributed by atoms with Crippen molar-refractivity contribution >= 4 is 5.82 Å². The molecule has 0 aliphatic heterocycles. The molecule has 0 spiro atoms. The summed E-state index contributed by atoms with van der Waals surface area (Å²) in [5.74, 6) is 1.77. The standard InChI is InChI=1S/C12H19N3/c1-3-9-5-6-11-10(7-9)8-12(13-4-2)15-14-11/h8-9H,3-7H2,1-2H3,(H,13,15). The SMILES string of the molecule is CCNc1cc2c(nn1)CCC(CC)C2. The van der Waals surface area contributed by atoms with E-state index in [4.69, 9.17) is 0 Å². The highest BCUT2D eigenvalue weighted by atomic mass is 15.2. The first-order valence-corrected chi connectivity index (χ1v) is 5.92. The molecular weight excluding hydrogens is 186 g/mol. The average Bonchev–Trinajstić information content (AvgIpc) is 2.28. The Bertz CT molecular complexity index is 336. The molecule has 1 aromatic heterocycles. The number of hydrogen-bond donors (Lipinski definition) is 1. The molecule has 0 amide bonds. The molecule has 0 bridgehead atoms. The lowest BCUT2D eigenvalue weighted by molar-refractivity contribution is 0.437. The van der Waals surface area contributed by atoms with Crippen LogP contribution in [0, 0.1) is 5.92 Å². The van der Waals surface area contributed by atoms with E-state index in [1.54, 1.807) is 0 Å². The zero-order valence-corrected chi connectivity index (χ0v) is 9.58. The zero-order chi connectivity index (χ0) is 10.7. The minimum atomic E-state index is 0.844. The second-order valence-electron chi connectivity index (χ2n) is 4.25. The van der Waals surface area contributed by atoms with Gasteiger partial charge in [-0.05, 0) is 43.7 Å². The number of nitrogens with one attached hydrogen (secondary N) is 1. The molecule has 0 aromatic carbocycles. The van der Waals surface area contributed by atoms with Gasteiger partial charge in [0.15, 0.2) is 0 Å². The monoisotopic (exact) mass is 205 g/mol. The van der Waals surface area contributed by atoms with E-state index >= 15 is 0 Å². The van der Waals surface area contributed by atoms with E-state index in [0.29, 0.717) is 0 Å². The lowest BCUT2D eigenvalue weighted by Crippen LogP contribution is -2.16. The van der Waals surface area contributed by atoms with Crippen molar-refractivity contribution in [3.63, 3.8) is 0 Å². The van der Waals surface area contributed by atoms with Crippen molar-refractivity contribution in [2.24, 2.45) is 5.92 Å². The summed E-state index contributed by atoms with van der Waals surface area (Å²) in [5, 5.41) is 11.7. The van der Waals surface area contributed by atoms with Crippen LogP contribution >= 0.6 is 0 Å². The zero-order valence-electron chi connectivity index (χ0n) is 9.58. The number of aromatic nitrogens is 2. The Morgan fingerprint density at radius 2 is 2.27 bits per heavy atom. The first-order valence-electron chi connectivity index (χ1n) is 5.92. The maximum Gasteiger partial charge on any atom is 0.148 e. The summed E-state index contributed by atoms with van der Waals surface area (Å²) in [6.45, 7) is 5.26. The van der Waals surface area contributed by atoms with E-state index in [1.165, 1.54) is 30.5 Å². The summed E-state index contributed by atoms with van der Waals surface area (Å²) in [4.78, 5) is 0. The minimum absolute atomic E-state index is 0.844. The number of nitrogens with zero attached hydrogens (tertiary/aromatic N) is 2.